The van der Waals surface area contributed by atoms with Crippen LogP contribution in [0.3, 0.4) is 0 Å². The lowest BCUT2D eigenvalue weighted by Crippen LogP contribution is -2.40. The van der Waals surface area contributed by atoms with Gasteiger partial charge in [-0.05, 0) is 54.6 Å². The summed E-state index contributed by atoms with van der Waals surface area (Å²) in [7, 11) is 0. The van der Waals surface area contributed by atoms with Crippen LogP contribution in [0.1, 0.15) is 11.1 Å². The second-order valence-electron chi connectivity index (χ2n) is 8.80. The normalized spacial score (nSPS) is 13.3. The highest BCUT2D eigenvalue weighted by atomic mass is 15.9. The summed E-state index contributed by atoms with van der Waals surface area (Å²) in [5, 5.41) is 21.9. The smallest absolute Gasteiger partial charge is 0.203 e. The maximum absolute atomic E-state index is 4.87. The highest BCUT2D eigenvalue weighted by molar-refractivity contribution is 6.05. The minimum absolute atomic E-state index is 0.424. The predicted octanol–water partition coefficient (Wildman–Crippen LogP) is 7.37. The predicted molar refractivity (Wildman–Crippen MR) is 161 cm³/mol. The number of hydrazine groups is 1. The molecular formula is C32H25N8. The summed E-state index contributed by atoms with van der Waals surface area (Å²) < 4.78 is 0. The summed E-state index contributed by atoms with van der Waals surface area (Å²) in [4.78, 5) is 0. The molecule has 0 saturated carbocycles. The van der Waals surface area contributed by atoms with Crippen molar-refractivity contribution in [1.29, 1.82) is 0 Å². The summed E-state index contributed by atoms with van der Waals surface area (Å²) in [6.07, 6.45) is 0. The zero-order valence-corrected chi connectivity index (χ0v) is 21.5. The number of nitrogens with one attached hydrogen (secondary N) is 1. The molecule has 6 rings (SSSR count). The van der Waals surface area contributed by atoms with Crippen LogP contribution in [0.2, 0.25) is 0 Å². The minimum Gasteiger partial charge on any atom is -0.276 e. The molecule has 0 saturated heterocycles. The van der Waals surface area contributed by atoms with Crippen molar-refractivity contribution in [2.45, 2.75) is 0 Å². The molecule has 40 heavy (non-hydrogen) atoms. The van der Waals surface area contributed by atoms with Crippen molar-refractivity contribution in [3.63, 3.8) is 0 Å². The zero-order valence-electron chi connectivity index (χ0n) is 21.5. The van der Waals surface area contributed by atoms with E-state index < -0.39 is 0 Å². The van der Waals surface area contributed by atoms with Crippen LogP contribution in [0.25, 0.3) is 0 Å². The first-order valence-corrected chi connectivity index (χ1v) is 12.8. The van der Waals surface area contributed by atoms with Crippen LogP contribution in [0.15, 0.2) is 166 Å². The number of hydrazone groups is 2. The number of nitrogens with zero attached hydrogens (tertiary/aromatic N) is 7. The van der Waals surface area contributed by atoms with E-state index in [0.29, 0.717) is 11.7 Å². The number of para-hydroxylation sites is 3. The van der Waals surface area contributed by atoms with Gasteiger partial charge in [0.25, 0.3) is 0 Å². The highest BCUT2D eigenvalue weighted by Gasteiger charge is 2.28. The largest absolute Gasteiger partial charge is 0.276 e. The molecule has 1 heterocycles. The van der Waals surface area contributed by atoms with E-state index in [2.05, 4.69) is 20.8 Å². The lowest BCUT2D eigenvalue weighted by molar-refractivity contribution is 0.762. The van der Waals surface area contributed by atoms with Crippen LogP contribution in [0.4, 0.5) is 22.7 Å². The monoisotopic (exact) mass is 521 g/mol. The van der Waals surface area contributed by atoms with Gasteiger partial charge in [0.2, 0.25) is 11.7 Å². The van der Waals surface area contributed by atoms with Crippen LogP contribution < -0.4 is 21.1 Å². The molecule has 1 N–H and O–H groups in total. The number of rotatable bonds is 7. The van der Waals surface area contributed by atoms with E-state index in [0.717, 1.165) is 33.9 Å². The van der Waals surface area contributed by atoms with Gasteiger partial charge in [0.05, 0.1) is 22.7 Å². The Kier molecular flexibility index (Phi) is 7.21. The molecule has 8 heteroatoms. The lowest BCUT2D eigenvalue weighted by atomic mass is 10.1. The summed E-state index contributed by atoms with van der Waals surface area (Å²) in [6, 6.07) is 47.0. The number of hydrogen-bond acceptors (Lipinski definition) is 6. The topological polar surface area (TPSA) is 82.0 Å². The molecule has 0 fully saturated rings. The Morgan fingerprint density at radius 3 is 1.88 bits per heavy atom. The SMILES string of the molecule is c1ccc(N=N/C(=N\Nc2ccccc2)c2cccc(C3=NN(c4ccccc4)N(c4ccccc4)[N]3)c2)cc1. The Morgan fingerprint density at radius 1 is 0.600 bits per heavy atom. The Hall–Kier alpha value is -5.76. The van der Waals surface area contributed by atoms with Crippen molar-refractivity contribution in [3.8, 4) is 0 Å². The first kappa shape index (κ1) is 24.6. The Labute approximate surface area is 232 Å². The maximum atomic E-state index is 4.87. The molecule has 1 aliphatic rings. The van der Waals surface area contributed by atoms with Crippen LogP contribution in [-0.4, -0.2) is 11.7 Å². The van der Waals surface area contributed by atoms with Gasteiger partial charge < -0.3 is 0 Å². The van der Waals surface area contributed by atoms with Crippen molar-refractivity contribution in [3.05, 3.63) is 157 Å². The third-order valence-corrected chi connectivity index (χ3v) is 5.99. The second-order valence-corrected chi connectivity index (χ2v) is 8.80. The summed E-state index contributed by atoms with van der Waals surface area (Å²) in [5.74, 6) is 0.984. The van der Waals surface area contributed by atoms with E-state index in [4.69, 9.17) is 10.5 Å². The van der Waals surface area contributed by atoms with Crippen molar-refractivity contribution < 1.29 is 0 Å². The van der Waals surface area contributed by atoms with Gasteiger partial charge >= 0.3 is 0 Å². The van der Waals surface area contributed by atoms with Crippen LogP contribution in [0.5, 0.6) is 0 Å². The summed E-state index contributed by atoms with van der Waals surface area (Å²) >= 11 is 0. The van der Waals surface area contributed by atoms with Crippen LogP contribution in [-0.2, 0) is 0 Å². The highest BCUT2D eigenvalue weighted by Crippen LogP contribution is 2.27. The molecule has 1 radical (unpaired) electrons. The van der Waals surface area contributed by atoms with Gasteiger partial charge in [-0.15, -0.1) is 31.0 Å². The van der Waals surface area contributed by atoms with E-state index in [1.807, 2.05) is 146 Å². The van der Waals surface area contributed by atoms with Crippen molar-refractivity contribution in [2.75, 3.05) is 15.7 Å². The molecule has 5 aromatic rings. The molecule has 193 valence electrons. The van der Waals surface area contributed by atoms with Gasteiger partial charge in [0, 0.05) is 11.1 Å². The Morgan fingerprint density at radius 2 is 1.20 bits per heavy atom. The third-order valence-electron chi connectivity index (χ3n) is 5.99. The average molecular weight is 522 g/mol. The number of azo groups is 1. The fraction of sp³-hybridized carbons (Fsp3) is 0. The lowest BCUT2D eigenvalue weighted by Gasteiger charge is -2.25. The minimum atomic E-state index is 0.424. The second kappa shape index (κ2) is 11.7. The number of hydrogen-bond donors (Lipinski definition) is 1. The van der Waals surface area contributed by atoms with Gasteiger partial charge in [-0.3, -0.25) is 5.43 Å². The molecule has 0 amide bonds. The van der Waals surface area contributed by atoms with E-state index in [1.54, 1.807) is 10.2 Å². The average Bonchev–Trinajstić information content (AvgIpc) is 3.49. The van der Waals surface area contributed by atoms with E-state index in [-0.39, 0.29) is 0 Å². The molecule has 1 aliphatic heterocycles. The van der Waals surface area contributed by atoms with Gasteiger partial charge in [0.15, 0.2) is 0 Å². The van der Waals surface area contributed by atoms with E-state index in [9.17, 15) is 0 Å². The van der Waals surface area contributed by atoms with Crippen LogP contribution >= 0.6 is 0 Å². The first-order chi connectivity index (χ1) is 19.8. The van der Waals surface area contributed by atoms with E-state index in [1.165, 1.54) is 0 Å². The van der Waals surface area contributed by atoms with Crippen molar-refractivity contribution in [2.24, 2.45) is 20.4 Å². The fourth-order valence-corrected chi connectivity index (χ4v) is 4.03. The molecule has 0 unspecified atom stereocenters. The van der Waals surface area contributed by atoms with Gasteiger partial charge in [-0.1, -0.05) is 91.0 Å². The molecule has 5 aromatic carbocycles. The van der Waals surface area contributed by atoms with E-state index >= 15 is 0 Å². The molecule has 8 nitrogen and oxygen atoms in total. The molecule has 0 atom stereocenters. The van der Waals surface area contributed by atoms with Crippen LogP contribution in [0, 0.1) is 0 Å². The molecule has 0 bridgehead atoms. The Bertz CT molecular complexity index is 1640. The number of amidine groups is 2. The maximum Gasteiger partial charge on any atom is 0.203 e. The van der Waals surface area contributed by atoms with Gasteiger partial charge in [0.1, 0.15) is 0 Å². The quantitative estimate of drug-likeness (QED) is 0.105. The van der Waals surface area contributed by atoms with Gasteiger partial charge in [-0.2, -0.15) is 5.10 Å². The van der Waals surface area contributed by atoms with Gasteiger partial charge in [-0.25, -0.2) is 0 Å². The summed E-state index contributed by atoms with van der Waals surface area (Å²) in [5.41, 5.74) is 12.9. The number of anilines is 3. The summed E-state index contributed by atoms with van der Waals surface area (Å²) in [6.45, 7) is 0. The zero-order chi connectivity index (χ0) is 27.0. The fourth-order valence-electron chi connectivity index (χ4n) is 4.03. The van der Waals surface area contributed by atoms with Crippen molar-refractivity contribution in [1.82, 2.24) is 5.43 Å². The first-order valence-electron chi connectivity index (χ1n) is 12.8. The number of benzene rings is 5. The molecule has 0 spiro atoms. The van der Waals surface area contributed by atoms with Crippen molar-refractivity contribution >= 4 is 34.4 Å². The third kappa shape index (κ3) is 5.71. The molecule has 0 aromatic heterocycles. The Balaban J connectivity index is 1.35. The standard InChI is InChI=1S/C32H25N8/c1-5-16-27(17-6-1)33-35-31(36-34-28-18-7-2-8-19-28)25-14-13-15-26(24-25)32-37-39(29-20-9-3-10-21-29)40(38-32)30-22-11-4-12-23-30/h1-24,33H/b35-31-,36-34?. The molecule has 0 aliphatic carbocycles. The molecular weight excluding hydrogens is 496 g/mol.